The third-order valence-corrected chi connectivity index (χ3v) is 7.92. The van der Waals surface area contributed by atoms with Gasteiger partial charge in [-0.2, -0.15) is 4.99 Å². The lowest BCUT2D eigenvalue weighted by Gasteiger charge is -2.34. The molecule has 1 aliphatic heterocycles. The third-order valence-electron chi connectivity index (χ3n) is 5.45. The summed E-state index contributed by atoms with van der Waals surface area (Å²) in [6, 6.07) is 4.99. The van der Waals surface area contributed by atoms with Gasteiger partial charge in [0.25, 0.3) is 5.91 Å². The number of benzene rings is 1. The van der Waals surface area contributed by atoms with Crippen molar-refractivity contribution in [1.82, 2.24) is 9.47 Å². The third kappa shape index (κ3) is 6.29. The molecule has 9 nitrogen and oxygen atoms in total. The van der Waals surface area contributed by atoms with Gasteiger partial charge in [0, 0.05) is 20.1 Å². The van der Waals surface area contributed by atoms with Crippen molar-refractivity contribution in [3.63, 3.8) is 0 Å². The summed E-state index contributed by atoms with van der Waals surface area (Å²) in [7, 11) is -2.25. The van der Waals surface area contributed by atoms with Gasteiger partial charge in [-0.15, -0.1) is 0 Å². The van der Waals surface area contributed by atoms with E-state index in [9.17, 15) is 22.8 Å². The standard InChI is InChI=1S/C22H29N3O6S2/c1-5-31-21(28)16-6-7-17-18(9-16)32-22(24(17)4)23-19(26)12-33(29,30)13-20(27)25-10-14(2)8-15(3)11-25/h6-7,9,14-15H,5,8,10-13H2,1-4H3. The van der Waals surface area contributed by atoms with Crippen molar-refractivity contribution in [1.29, 1.82) is 0 Å². The van der Waals surface area contributed by atoms with Gasteiger partial charge in [0.1, 0.15) is 11.5 Å². The first-order chi connectivity index (χ1) is 15.5. The number of esters is 1. The Balaban J connectivity index is 1.74. The minimum atomic E-state index is -3.95. The number of ether oxygens (including phenoxy) is 1. The van der Waals surface area contributed by atoms with Crippen molar-refractivity contribution < 1.29 is 27.5 Å². The van der Waals surface area contributed by atoms with Gasteiger partial charge in [-0.05, 0) is 43.4 Å². The summed E-state index contributed by atoms with van der Waals surface area (Å²) in [5, 5.41) is 0. The maximum absolute atomic E-state index is 12.5. The lowest BCUT2D eigenvalue weighted by Crippen LogP contribution is -2.45. The van der Waals surface area contributed by atoms with Crippen LogP contribution in [0.25, 0.3) is 10.2 Å². The highest BCUT2D eigenvalue weighted by atomic mass is 32.2. The molecule has 180 valence electrons. The van der Waals surface area contributed by atoms with E-state index in [2.05, 4.69) is 4.99 Å². The van der Waals surface area contributed by atoms with Crippen molar-refractivity contribution in [2.24, 2.45) is 23.9 Å². The summed E-state index contributed by atoms with van der Waals surface area (Å²) in [5.74, 6) is -2.66. The minimum absolute atomic E-state index is 0.261. The van der Waals surface area contributed by atoms with Gasteiger partial charge in [-0.1, -0.05) is 25.2 Å². The number of amides is 2. The average Bonchev–Trinajstić information content (AvgIpc) is 3.01. The lowest BCUT2D eigenvalue weighted by molar-refractivity contribution is -0.131. The van der Waals surface area contributed by atoms with Gasteiger partial charge in [-0.3, -0.25) is 9.59 Å². The molecule has 11 heteroatoms. The second-order valence-electron chi connectivity index (χ2n) is 8.63. The molecular weight excluding hydrogens is 466 g/mol. The molecule has 0 radical (unpaired) electrons. The van der Waals surface area contributed by atoms with Crippen LogP contribution in [0.3, 0.4) is 0 Å². The molecule has 0 spiro atoms. The van der Waals surface area contributed by atoms with Crippen LogP contribution in [0.15, 0.2) is 23.2 Å². The van der Waals surface area contributed by atoms with Crippen molar-refractivity contribution >= 4 is 49.2 Å². The van der Waals surface area contributed by atoms with Gasteiger partial charge in [0.05, 0.1) is 22.4 Å². The summed E-state index contributed by atoms with van der Waals surface area (Å²) in [6.45, 7) is 7.11. The zero-order valence-corrected chi connectivity index (χ0v) is 20.9. The fraction of sp³-hybridized carbons (Fsp3) is 0.545. The molecule has 2 unspecified atom stereocenters. The summed E-state index contributed by atoms with van der Waals surface area (Å²) >= 11 is 1.16. The normalized spacial score (nSPS) is 19.6. The van der Waals surface area contributed by atoms with Crippen LogP contribution in [0.5, 0.6) is 0 Å². The van der Waals surface area contributed by atoms with Gasteiger partial charge >= 0.3 is 5.97 Å². The highest BCUT2D eigenvalue weighted by molar-refractivity contribution is 7.92. The minimum Gasteiger partial charge on any atom is -0.462 e. The number of carbonyl (C=O) groups is 3. The number of aromatic nitrogens is 1. The Morgan fingerprint density at radius 1 is 1.15 bits per heavy atom. The number of sulfone groups is 1. The van der Waals surface area contributed by atoms with E-state index in [4.69, 9.17) is 4.74 Å². The fourth-order valence-electron chi connectivity index (χ4n) is 4.11. The molecule has 0 bridgehead atoms. The Morgan fingerprint density at radius 2 is 1.82 bits per heavy atom. The van der Waals surface area contributed by atoms with Crippen LogP contribution in [0.4, 0.5) is 0 Å². The maximum Gasteiger partial charge on any atom is 0.338 e. The zero-order valence-electron chi connectivity index (χ0n) is 19.2. The molecule has 1 aliphatic rings. The SMILES string of the molecule is CCOC(=O)c1ccc2c(c1)sc(=NC(=O)CS(=O)(=O)CC(=O)N1CC(C)CC(C)C1)n2C. The van der Waals surface area contributed by atoms with E-state index in [1.54, 1.807) is 41.6 Å². The number of rotatable bonds is 6. The molecular formula is C22H29N3O6S2. The van der Waals surface area contributed by atoms with Crippen molar-refractivity contribution in [2.75, 3.05) is 31.2 Å². The van der Waals surface area contributed by atoms with Crippen LogP contribution in [0.2, 0.25) is 0 Å². The lowest BCUT2D eigenvalue weighted by atomic mass is 9.92. The number of thiazole rings is 1. The first-order valence-corrected chi connectivity index (χ1v) is 13.4. The van der Waals surface area contributed by atoms with E-state index in [1.807, 2.05) is 13.8 Å². The molecule has 0 N–H and O–H groups in total. The van der Waals surface area contributed by atoms with E-state index < -0.39 is 39.1 Å². The summed E-state index contributed by atoms with van der Waals surface area (Å²) in [6.07, 6.45) is 1.00. The van der Waals surface area contributed by atoms with Crippen molar-refractivity contribution in [3.05, 3.63) is 28.6 Å². The zero-order chi connectivity index (χ0) is 24.3. The number of likely N-dealkylation sites (tertiary alicyclic amines) is 1. The Labute approximate surface area is 197 Å². The summed E-state index contributed by atoms with van der Waals surface area (Å²) < 4.78 is 32.4. The van der Waals surface area contributed by atoms with Gasteiger partial charge < -0.3 is 14.2 Å². The van der Waals surface area contributed by atoms with Crippen LogP contribution in [0.1, 0.15) is 37.6 Å². The maximum atomic E-state index is 12.5. The van der Waals surface area contributed by atoms with Crippen molar-refractivity contribution in [3.8, 4) is 0 Å². The molecule has 2 atom stereocenters. The van der Waals surface area contributed by atoms with Crippen LogP contribution in [0, 0.1) is 11.8 Å². The predicted octanol–water partition coefficient (Wildman–Crippen LogP) is 1.76. The molecule has 1 aromatic carbocycles. The van der Waals surface area contributed by atoms with E-state index >= 15 is 0 Å². The smallest absolute Gasteiger partial charge is 0.338 e. The molecule has 2 aromatic rings. The Hall–Kier alpha value is -2.53. The first-order valence-electron chi connectivity index (χ1n) is 10.8. The first kappa shape index (κ1) is 25.1. The number of nitrogens with zero attached hydrogens (tertiary/aromatic N) is 3. The van der Waals surface area contributed by atoms with Gasteiger partial charge in [0.15, 0.2) is 14.6 Å². The highest BCUT2D eigenvalue weighted by Gasteiger charge is 2.29. The molecule has 2 heterocycles. The van der Waals surface area contributed by atoms with E-state index in [0.717, 1.165) is 23.3 Å². The number of carbonyl (C=O) groups excluding carboxylic acids is 3. The Morgan fingerprint density at radius 3 is 2.45 bits per heavy atom. The van der Waals surface area contributed by atoms with Gasteiger partial charge in [-0.25, -0.2) is 13.2 Å². The number of hydrogen-bond acceptors (Lipinski definition) is 7. The fourth-order valence-corrected chi connectivity index (χ4v) is 6.28. The van der Waals surface area contributed by atoms with Crippen LogP contribution in [-0.4, -0.2) is 66.9 Å². The predicted molar refractivity (Wildman–Crippen MR) is 126 cm³/mol. The molecule has 1 saturated heterocycles. The summed E-state index contributed by atoms with van der Waals surface area (Å²) in [4.78, 5) is 42.7. The van der Waals surface area contributed by atoms with Crippen LogP contribution in [-0.2, 0) is 31.2 Å². The van der Waals surface area contributed by atoms with Crippen LogP contribution < -0.4 is 4.80 Å². The highest BCUT2D eigenvalue weighted by Crippen LogP contribution is 2.21. The van der Waals surface area contributed by atoms with E-state index in [-0.39, 0.29) is 6.61 Å². The topological polar surface area (TPSA) is 115 Å². The summed E-state index contributed by atoms with van der Waals surface area (Å²) in [5.41, 5.74) is 1.12. The number of piperidine rings is 1. The van der Waals surface area contributed by atoms with Crippen LogP contribution >= 0.6 is 11.3 Å². The Kier molecular flexibility index (Phi) is 7.73. The molecule has 1 aromatic heterocycles. The average molecular weight is 496 g/mol. The second kappa shape index (κ2) is 10.2. The monoisotopic (exact) mass is 495 g/mol. The number of aryl methyl sites for hydroxylation is 1. The second-order valence-corrected chi connectivity index (χ2v) is 11.7. The van der Waals surface area contributed by atoms with E-state index in [0.29, 0.717) is 40.0 Å². The number of hydrogen-bond donors (Lipinski definition) is 0. The molecule has 33 heavy (non-hydrogen) atoms. The molecule has 1 fully saturated rings. The molecule has 0 saturated carbocycles. The quantitative estimate of drug-likeness (QED) is 0.564. The number of fused-ring (bicyclic) bond motifs is 1. The molecule has 0 aliphatic carbocycles. The largest absolute Gasteiger partial charge is 0.462 e. The Bertz CT molecular complexity index is 1230. The van der Waals surface area contributed by atoms with Gasteiger partial charge in [0.2, 0.25) is 5.91 Å². The molecule has 2 amide bonds. The molecule has 3 rings (SSSR count). The van der Waals surface area contributed by atoms with Crippen molar-refractivity contribution in [2.45, 2.75) is 27.2 Å². The van der Waals surface area contributed by atoms with E-state index in [1.165, 1.54) is 0 Å².